The largest absolute Gasteiger partial charge is 0.511 e. The van der Waals surface area contributed by atoms with Gasteiger partial charge in [0.1, 0.15) is 18.6 Å². The van der Waals surface area contributed by atoms with Crippen molar-refractivity contribution in [3.63, 3.8) is 0 Å². The quantitative estimate of drug-likeness (QED) is 0.427. The molecule has 6 heteroatoms. The number of hydrogen-bond acceptors (Lipinski definition) is 6. The minimum Gasteiger partial charge on any atom is -0.511 e. The second kappa shape index (κ2) is 10.6. The number of carbonyl (C=O) groups excluding carboxylic acids is 1. The number of allylic oxidation sites excluding steroid dienone is 2. The van der Waals surface area contributed by atoms with Crippen LogP contribution < -0.4 is 0 Å². The molecule has 1 aromatic carbocycles. The molecule has 1 fully saturated rings. The second-order valence-electron chi connectivity index (χ2n) is 8.67. The predicted molar refractivity (Wildman–Crippen MR) is 125 cm³/mol. The Bertz CT molecular complexity index is 978. The van der Waals surface area contributed by atoms with Crippen molar-refractivity contribution in [3.05, 3.63) is 63.7 Å². The zero-order valence-corrected chi connectivity index (χ0v) is 19.8. The molecule has 0 spiro atoms. The Morgan fingerprint density at radius 1 is 1.16 bits per heavy atom. The van der Waals surface area contributed by atoms with Crippen molar-refractivity contribution < 1.29 is 19.3 Å². The highest BCUT2D eigenvalue weighted by Gasteiger charge is 2.32. The van der Waals surface area contributed by atoms with Gasteiger partial charge in [0.05, 0.1) is 17.0 Å². The summed E-state index contributed by atoms with van der Waals surface area (Å²) < 4.78 is 4.67. The molecule has 0 radical (unpaired) electrons. The minimum atomic E-state index is -0.0524. The van der Waals surface area contributed by atoms with E-state index in [2.05, 4.69) is 47.7 Å². The molecule has 0 amide bonds. The van der Waals surface area contributed by atoms with Crippen LogP contribution in [0.1, 0.15) is 85.7 Å². The molecule has 6 nitrogen and oxygen atoms in total. The average Bonchev–Trinajstić information content (AvgIpc) is 3.44. The summed E-state index contributed by atoms with van der Waals surface area (Å²) in [5, 5.41) is 18.3. The van der Waals surface area contributed by atoms with Gasteiger partial charge < -0.3 is 14.5 Å². The van der Waals surface area contributed by atoms with E-state index in [4.69, 9.17) is 4.84 Å². The first-order valence-electron chi connectivity index (χ1n) is 11.5. The molecule has 1 atom stereocenters. The highest BCUT2D eigenvalue weighted by molar-refractivity contribution is 6.23. The zero-order valence-electron chi connectivity index (χ0n) is 19.8. The van der Waals surface area contributed by atoms with E-state index in [9.17, 15) is 9.90 Å². The fraction of sp³-hybridized carbons (Fsp3) is 0.500. The molecule has 0 saturated heterocycles. The van der Waals surface area contributed by atoms with E-state index in [1.165, 1.54) is 35.1 Å². The van der Waals surface area contributed by atoms with Gasteiger partial charge in [-0.25, -0.2) is 0 Å². The minimum absolute atomic E-state index is 0.0204. The number of ketones is 1. The summed E-state index contributed by atoms with van der Waals surface area (Å²) in [6.07, 6.45) is 5.65. The zero-order chi connectivity index (χ0) is 23.3. The van der Waals surface area contributed by atoms with Crippen molar-refractivity contribution in [2.75, 3.05) is 6.61 Å². The first-order valence-corrected chi connectivity index (χ1v) is 11.5. The number of carbonyl (C=O) groups is 1. The normalized spacial score (nSPS) is 19.0. The lowest BCUT2D eigenvalue weighted by atomic mass is 9.78. The number of nitrogens with zero attached hydrogens (tertiary/aromatic N) is 2. The maximum atomic E-state index is 12.7. The first kappa shape index (κ1) is 23.8. The van der Waals surface area contributed by atoms with Gasteiger partial charge in [0, 0.05) is 24.8 Å². The molecule has 0 bridgehead atoms. The summed E-state index contributed by atoms with van der Waals surface area (Å²) >= 11 is 0. The van der Waals surface area contributed by atoms with Crippen molar-refractivity contribution in [3.8, 4) is 0 Å². The first-order chi connectivity index (χ1) is 15.3. The summed E-state index contributed by atoms with van der Waals surface area (Å²) in [5.41, 5.74) is 6.78. The summed E-state index contributed by atoms with van der Waals surface area (Å²) in [6.45, 7) is 10.4. The van der Waals surface area contributed by atoms with Gasteiger partial charge in [-0.2, -0.15) is 0 Å². The molecule has 2 aliphatic carbocycles. The van der Waals surface area contributed by atoms with Crippen LogP contribution in [-0.2, 0) is 9.63 Å². The Labute approximate surface area is 190 Å². The van der Waals surface area contributed by atoms with Crippen molar-refractivity contribution >= 4 is 11.5 Å². The van der Waals surface area contributed by atoms with E-state index in [1.54, 1.807) is 6.26 Å². The smallest absolute Gasteiger partial charge is 0.168 e. The average molecular weight is 439 g/mol. The van der Waals surface area contributed by atoms with E-state index in [0.29, 0.717) is 37.2 Å². The van der Waals surface area contributed by atoms with Crippen LogP contribution in [0.2, 0.25) is 0 Å². The Morgan fingerprint density at radius 2 is 1.84 bits per heavy atom. The number of oxime groups is 1. The van der Waals surface area contributed by atoms with Gasteiger partial charge in [-0.1, -0.05) is 34.9 Å². The molecular weight excluding hydrogens is 404 g/mol. The number of Topliss-reactive ketones (excluding diaryl/α,β-unsaturated/α-hetero) is 1. The molecule has 1 saturated carbocycles. The summed E-state index contributed by atoms with van der Waals surface area (Å²) in [5.74, 6) is 0.833. The summed E-state index contributed by atoms with van der Waals surface area (Å²) in [4.78, 5) is 17.8. The Balaban J connectivity index is 0.000000297. The van der Waals surface area contributed by atoms with Crippen LogP contribution in [0, 0.1) is 20.8 Å². The van der Waals surface area contributed by atoms with Crippen LogP contribution in [0.15, 0.2) is 45.5 Å². The maximum Gasteiger partial charge on any atom is 0.168 e. The molecule has 1 aromatic heterocycles. The number of aliphatic hydroxyl groups excluding tert-OH is 1. The number of benzene rings is 1. The van der Waals surface area contributed by atoms with Crippen molar-refractivity contribution in [2.24, 2.45) is 5.16 Å². The van der Waals surface area contributed by atoms with Crippen LogP contribution in [0.4, 0.5) is 0 Å². The second-order valence-corrected chi connectivity index (χ2v) is 8.67. The van der Waals surface area contributed by atoms with Crippen LogP contribution in [0.5, 0.6) is 0 Å². The number of hydrogen-bond donors (Lipinski definition) is 1. The molecule has 4 rings (SSSR count). The SMILES string of the molecule is CCON=C(CC)C1=C(O)CC(c2c(C)cc(C)cc2C)CC1=O.c1cc(C2CC2)no1. The lowest BCUT2D eigenvalue weighted by Gasteiger charge is -2.27. The molecule has 172 valence electrons. The standard InChI is InChI=1S/C20H27NO3.C6H7NO/c1-6-16(21-24-7-2)20-17(22)10-15(11-18(20)23)19-13(4)8-12(3)9-14(19)5;1-2-5(1)6-3-4-8-7-6/h8-9,15,22H,6-7,10-11H2,1-5H3;3-5H,1-2H2. The topological polar surface area (TPSA) is 84.9 Å². The maximum absolute atomic E-state index is 12.7. The van der Waals surface area contributed by atoms with Gasteiger partial charge in [0.2, 0.25) is 0 Å². The lowest BCUT2D eigenvalue weighted by Crippen LogP contribution is -2.24. The number of aryl methyl sites for hydroxylation is 3. The monoisotopic (exact) mass is 438 g/mol. The number of aromatic nitrogens is 1. The highest BCUT2D eigenvalue weighted by Crippen LogP contribution is 2.39. The van der Waals surface area contributed by atoms with Crippen molar-refractivity contribution in [2.45, 2.75) is 78.6 Å². The molecule has 1 unspecified atom stereocenters. The third kappa shape index (κ3) is 5.67. The third-order valence-electron chi connectivity index (χ3n) is 5.97. The van der Waals surface area contributed by atoms with E-state index in [1.807, 2.05) is 19.9 Å². The molecule has 32 heavy (non-hydrogen) atoms. The van der Waals surface area contributed by atoms with Crippen LogP contribution in [0.3, 0.4) is 0 Å². The lowest BCUT2D eigenvalue weighted by molar-refractivity contribution is -0.116. The van der Waals surface area contributed by atoms with Gasteiger partial charge in [0.25, 0.3) is 0 Å². The van der Waals surface area contributed by atoms with Crippen LogP contribution >= 0.6 is 0 Å². The fourth-order valence-corrected chi connectivity index (χ4v) is 4.50. The Morgan fingerprint density at radius 3 is 2.34 bits per heavy atom. The number of aliphatic hydroxyl groups is 1. The fourth-order valence-electron chi connectivity index (χ4n) is 4.50. The predicted octanol–water partition coefficient (Wildman–Crippen LogP) is 6.22. The number of rotatable bonds is 6. The van der Waals surface area contributed by atoms with E-state index >= 15 is 0 Å². The molecular formula is C26H34N2O4. The van der Waals surface area contributed by atoms with Gasteiger partial charge in [-0.15, -0.1) is 0 Å². The van der Waals surface area contributed by atoms with E-state index in [0.717, 1.165) is 11.6 Å². The third-order valence-corrected chi connectivity index (χ3v) is 5.97. The Hall–Kier alpha value is -2.89. The van der Waals surface area contributed by atoms with E-state index < -0.39 is 0 Å². The van der Waals surface area contributed by atoms with Crippen LogP contribution in [0.25, 0.3) is 0 Å². The molecule has 2 aromatic rings. The Kier molecular flexibility index (Phi) is 7.89. The molecule has 2 aliphatic rings. The highest BCUT2D eigenvalue weighted by atomic mass is 16.6. The van der Waals surface area contributed by atoms with Gasteiger partial charge in [-0.3, -0.25) is 4.79 Å². The van der Waals surface area contributed by atoms with Gasteiger partial charge in [0.15, 0.2) is 5.78 Å². The summed E-state index contributed by atoms with van der Waals surface area (Å²) in [7, 11) is 0. The molecule has 1 N–H and O–H groups in total. The van der Waals surface area contributed by atoms with E-state index in [-0.39, 0.29) is 17.5 Å². The molecule has 1 heterocycles. The summed E-state index contributed by atoms with van der Waals surface area (Å²) in [6, 6.07) is 6.21. The molecule has 0 aliphatic heterocycles. The van der Waals surface area contributed by atoms with Crippen molar-refractivity contribution in [1.82, 2.24) is 5.16 Å². The van der Waals surface area contributed by atoms with Crippen LogP contribution in [-0.4, -0.2) is 28.4 Å². The van der Waals surface area contributed by atoms with Crippen molar-refractivity contribution in [1.29, 1.82) is 0 Å². The van der Waals surface area contributed by atoms with Gasteiger partial charge >= 0.3 is 0 Å². The van der Waals surface area contributed by atoms with Gasteiger partial charge in [-0.05, 0) is 69.6 Å².